The van der Waals surface area contributed by atoms with E-state index in [2.05, 4.69) is 31.5 Å². The van der Waals surface area contributed by atoms with E-state index < -0.39 is 35.4 Å². The van der Waals surface area contributed by atoms with Gasteiger partial charge in [0.05, 0.1) is 16.5 Å². The SMILES string of the molecule is C#Cc1c(F)ccc2cc(OC(=O)NCCCCCCCC(=O)O)cc(-c3ncc4c(N5CCCCCN5)nc(OC[C@@]56CCCN5C[C@H](F)C6)nc4c3F)c12. The number of anilines is 1. The first kappa shape index (κ1) is 39.1. The van der Waals surface area contributed by atoms with Crippen LogP contribution in [0, 0.1) is 24.0 Å². The summed E-state index contributed by atoms with van der Waals surface area (Å²) in [7, 11) is 0. The van der Waals surface area contributed by atoms with Gasteiger partial charge in [-0.3, -0.25) is 19.7 Å². The van der Waals surface area contributed by atoms with Crippen molar-refractivity contribution in [1.29, 1.82) is 0 Å². The van der Waals surface area contributed by atoms with Crippen LogP contribution in [0.25, 0.3) is 32.9 Å². The molecule has 3 fully saturated rings. The van der Waals surface area contributed by atoms with Crippen LogP contribution in [0.3, 0.4) is 0 Å². The van der Waals surface area contributed by atoms with Gasteiger partial charge in [-0.2, -0.15) is 9.97 Å². The zero-order chi connectivity index (χ0) is 39.2. The minimum atomic E-state index is -0.953. The topological polar surface area (TPSA) is 142 Å². The highest BCUT2D eigenvalue weighted by Gasteiger charge is 2.49. The number of carboxylic acid groups (broad SMARTS) is 1. The number of hydrazine groups is 1. The van der Waals surface area contributed by atoms with Crippen LogP contribution in [0.15, 0.2) is 30.5 Å². The highest BCUT2D eigenvalue weighted by atomic mass is 19.1. The number of pyridine rings is 1. The van der Waals surface area contributed by atoms with E-state index in [0.717, 1.165) is 57.9 Å². The molecule has 0 unspecified atom stereocenters. The molecule has 296 valence electrons. The number of aromatic nitrogens is 3. The van der Waals surface area contributed by atoms with Crippen molar-refractivity contribution in [3.8, 4) is 35.4 Å². The second kappa shape index (κ2) is 17.3. The molecule has 0 saturated carbocycles. The molecule has 7 rings (SSSR count). The first-order valence-corrected chi connectivity index (χ1v) is 19.5. The summed E-state index contributed by atoms with van der Waals surface area (Å²) in [6, 6.07) is 5.53. The predicted molar refractivity (Wildman–Crippen MR) is 205 cm³/mol. The van der Waals surface area contributed by atoms with Gasteiger partial charge in [-0.15, -0.1) is 6.42 Å². The summed E-state index contributed by atoms with van der Waals surface area (Å²) in [5.74, 6) is 0.485. The number of nitrogens with one attached hydrogen (secondary N) is 2. The summed E-state index contributed by atoms with van der Waals surface area (Å²) in [6.07, 6.45) is 14.3. The largest absolute Gasteiger partial charge is 0.481 e. The zero-order valence-electron chi connectivity index (χ0n) is 31.2. The van der Waals surface area contributed by atoms with Crippen molar-refractivity contribution in [3.63, 3.8) is 0 Å². The predicted octanol–water partition coefficient (Wildman–Crippen LogP) is 7.07. The first-order chi connectivity index (χ1) is 27.2. The highest BCUT2D eigenvalue weighted by molar-refractivity contribution is 6.03. The standard InChI is InChI=1S/C41H46F3N7O5/c1-2-29-32(43)14-13-26-20-28(56-40(54)45-16-8-5-3-4-7-12-33(52)53)21-30(34(26)29)36-35(44)37-31(23-46-36)38(51-19-10-6-9-17-47-51)49-39(48-37)55-25-41-15-11-18-50(41)24-27(42)22-41/h1,13-14,20-21,23,27,47H,3-12,15-19,22,24-25H2,(H,45,54)(H,52,53)/t27-,41+/m1/s1. The van der Waals surface area contributed by atoms with Gasteiger partial charge in [0.1, 0.15) is 35.6 Å². The molecule has 4 aromatic rings. The molecule has 3 aliphatic rings. The van der Waals surface area contributed by atoms with E-state index in [1.807, 2.05) is 5.01 Å². The molecule has 2 atom stereocenters. The van der Waals surface area contributed by atoms with Crippen molar-refractivity contribution in [3.05, 3.63) is 47.7 Å². The molecule has 2 aromatic heterocycles. The summed E-state index contributed by atoms with van der Waals surface area (Å²) in [5, 5.41) is 14.3. The molecule has 0 radical (unpaired) electrons. The average Bonchev–Trinajstić information content (AvgIpc) is 3.56. The number of benzene rings is 2. The molecule has 0 aliphatic carbocycles. The Morgan fingerprint density at radius 2 is 1.91 bits per heavy atom. The fourth-order valence-corrected chi connectivity index (χ4v) is 8.24. The van der Waals surface area contributed by atoms with E-state index in [9.17, 15) is 14.0 Å². The molecule has 3 saturated heterocycles. The number of aliphatic carboxylic acids is 1. The Bertz CT molecular complexity index is 2140. The number of terminal acetylenes is 1. The Morgan fingerprint density at radius 3 is 2.75 bits per heavy atom. The molecule has 3 aliphatic heterocycles. The molecular weight excluding hydrogens is 727 g/mol. The Morgan fingerprint density at radius 1 is 1.07 bits per heavy atom. The summed E-state index contributed by atoms with van der Waals surface area (Å²) < 4.78 is 58.8. The Kier molecular flexibility index (Phi) is 12.1. The van der Waals surface area contributed by atoms with Gasteiger partial charge in [-0.1, -0.05) is 37.7 Å². The lowest BCUT2D eigenvalue weighted by Gasteiger charge is -2.31. The van der Waals surface area contributed by atoms with E-state index in [0.29, 0.717) is 62.0 Å². The van der Waals surface area contributed by atoms with Crippen LogP contribution >= 0.6 is 0 Å². The van der Waals surface area contributed by atoms with Gasteiger partial charge in [-0.05, 0) is 68.7 Å². The number of alkyl halides is 1. The molecule has 5 heterocycles. The normalized spacial score (nSPS) is 19.8. The molecule has 3 N–H and O–H groups in total. The van der Waals surface area contributed by atoms with Crippen molar-refractivity contribution in [2.75, 3.05) is 44.3 Å². The molecule has 56 heavy (non-hydrogen) atoms. The van der Waals surface area contributed by atoms with Crippen molar-refractivity contribution < 1.29 is 37.3 Å². The number of amides is 1. The second-order valence-corrected chi connectivity index (χ2v) is 14.9. The molecule has 12 nitrogen and oxygen atoms in total. The third kappa shape index (κ3) is 8.46. The zero-order valence-corrected chi connectivity index (χ0v) is 31.2. The lowest BCUT2D eigenvalue weighted by atomic mass is 9.95. The number of ether oxygens (including phenoxy) is 2. The number of hydrogen-bond acceptors (Lipinski definition) is 10. The maximum atomic E-state index is 17.2. The number of nitrogens with zero attached hydrogens (tertiary/aromatic N) is 5. The number of unbranched alkanes of at least 4 members (excludes halogenated alkanes) is 4. The number of rotatable bonds is 14. The van der Waals surface area contributed by atoms with Gasteiger partial charge in [0.25, 0.3) is 0 Å². The van der Waals surface area contributed by atoms with Gasteiger partial charge in [0, 0.05) is 56.2 Å². The molecule has 15 heteroatoms. The van der Waals surface area contributed by atoms with Gasteiger partial charge in [-0.25, -0.2) is 23.4 Å². The fourth-order valence-electron chi connectivity index (χ4n) is 8.24. The Balaban J connectivity index is 1.22. The second-order valence-electron chi connectivity index (χ2n) is 14.9. The van der Waals surface area contributed by atoms with Crippen molar-refractivity contribution in [2.24, 2.45) is 0 Å². The summed E-state index contributed by atoms with van der Waals surface area (Å²) in [4.78, 5) is 39.5. The molecule has 0 bridgehead atoms. The van der Waals surface area contributed by atoms with Crippen LogP contribution in [-0.4, -0.2) is 88.1 Å². The van der Waals surface area contributed by atoms with E-state index in [1.54, 1.807) is 0 Å². The number of carbonyl (C=O) groups is 2. The van der Waals surface area contributed by atoms with Crippen LogP contribution in [-0.2, 0) is 4.79 Å². The number of fused-ring (bicyclic) bond motifs is 3. The quantitative estimate of drug-likeness (QED) is 0.0895. The fraction of sp³-hybridized carbons (Fsp3) is 0.488. The molecule has 2 aromatic carbocycles. The summed E-state index contributed by atoms with van der Waals surface area (Å²) in [5.41, 5.74) is 2.58. The van der Waals surface area contributed by atoms with Crippen molar-refractivity contribution in [1.82, 2.24) is 30.6 Å². The average molecular weight is 774 g/mol. The van der Waals surface area contributed by atoms with Crippen LogP contribution in [0.2, 0.25) is 0 Å². The lowest BCUT2D eigenvalue weighted by molar-refractivity contribution is -0.137. The molecule has 1 amide bonds. The van der Waals surface area contributed by atoms with Crippen molar-refractivity contribution >= 4 is 39.6 Å². The maximum absolute atomic E-state index is 17.2. The molecule has 0 spiro atoms. The number of halogens is 3. The van der Waals surface area contributed by atoms with Gasteiger partial charge < -0.3 is 19.9 Å². The van der Waals surface area contributed by atoms with Gasteiger partial charge >= 0.3 is 18.1 Å². The van der Waals surface area contributed by atoms with Crippen molar-refractivity contribution in [2.45, 2.75) is 88.8 Å². The van der Waals surface area contributed by atoms with E-state index in [1.165, 1.54) is 30.5 Å². The van der Waals surface area contributed by atoms with Gasteiger partial charge in [0.2, 0.25) is 0 Å². The minimum absolute atomic E-state index is 0.0545. The summed E-state index contributed by atoms with van der Waals surface area (Å²) >= 11 is 0. The third-order valence-electron chi connectivity index (χ3n) is 11.0. The van der Waals surface area contributed by atoms with E-state index in [-0.39, 0.29) is 52.5 Å². The van der Waals surface area contributed by atoms with E-state index in [4.69, 9.17) is 26.0 Å². The number of hydrogen-bond donors (Lipinski definition) is 3. The van der Waals surface area contributed by atoms with Gasteiger partial charge in [0.15, 0.2) is 11.6 Å². The van der Waals surface area contributed by atoms with Crippen LogP contribution in [0.1, 0.15) is 82.6 Å². The smallest absolute Gasteiger partial charge is 0.412 e. The minimum Gasteiger partial charge on any atom is -0.481 e. The number of carbonyl (C=O) groups excluding carboxylic acids is 1. The Labute approximate surface area is 323 Å². The third-order valence-corrected chi connectivity index (χ3v) is 11.0. The maximum Gasteiger partial charge on any atom is 0.412 e. The highest BCUT2D eigenvalue weighted by Crippen LogP contribution is 2.42. The Hall–Kier alpha value is -5.20. The van der Waals surface area contributed by atoms with Crippen LogP contribution < -0.4 is 25.2 Å². The lowest BCUT2D eigenvalue weighted by Crippen LogP contribution is -2.43. The number of carboxylic acids is 1. The van der Waals surface area contributed by atoms with E-state index >= 15 is 8.78 Å². The molecular formula is C41H46F3N7O5. The van der Waals surface area contributed by atoms with Crippen LogP contribution in [0.4, 0.5) is 23.8 Å². The monoisotopic (exact) mass is 773 g/mol. The first-order valence-electron chi connectivity index (χ1n) is 19.5. The van der Waals surface area contributed by atoms with Crippen LogP contribution in [0.5, 0.6) is 11.8 Å². The summed E-state index contributed by atoms with van der Waals surface area (Å²) in [6.45, 7) is 2.90.